The Bertz CT molecular complexity index is 635. The summed E-state index contributed by atoms with van der Waals surface area (Å²) in [6, 6.07) is 1.73. The molecule has 0 aromatic carbocycles. The van der Waals surface area contributed by atoms with Crippen LogP contribution < -0.4 is 14.4 Å². The molecular formula is C14H17N5O2. The van der Waals surface area contributed by atoms with Gasteiger partial charge in [0.2, 0.25) is 17.7 Å². The minimum atomic E-state index is 0.556. The van der Waals surface area contributed by atoms with Gasteiger partial charge in [-0.15, -0.1) is 0 Å². The van der Waals surface area contributed by atoms with Gasteiger partial charge in [0.1, 0.15) is 6.33 Å². The van der Waals surface area contributed by atoms with Crippen LogP contribution in [0.5, 0.6) is 11.8 Å². The quantitative estimate of drug-likeness (QED) is 0.837. The van der Waals surface area contributed by atoms with E-state index in [1.165, 1.54) is 0 Å². The normalized spacial score (nSPS) is 13.7. The van der Waals surface area contributed by atoms with Crippen LogP contribution in [0.3, 0.4) is 0 Å². The number of fused-ring (bicyclic) bond motifs is 1. The second-order valence-corrected chi connectivity index (χ2v) is 4.61. The number of hydrogen-bond acceptors (Lipinski definition) is 7. The Kier molecular flexibility index (Phi) is 3.81. The molecule has 0 radical (unpaired) electrons. The first-order valence-electron chi connectivity index (χ1n) is 6.89. The number of nitrogens with zero attached hydrogens (tertiary/aromatic N) is 5. The van der Waals surface area contributed by atoms with Gasteiger partial charge in [-0.2, -0.15) is 4.98 Å². The predicted octanol–water partition coefficient (Wildman–Crippen LogP) is 1.24. The fraction of sp³-hybridized carbons (Fsp3) is 0.429. The first kappa shape index (κ1) is 13.5. The van der Waals surface area contributed by atoms with E-state index in [-0.39, 0.29) is 0 Å². The lowest BCUT2D eigenvalue weighted by molar-refractivity contribution is 0.320. The highest BCUT2D eigenvalue weighted by molar-refractivity contribution is 5.41. The van der Waals surface area contributed by atoms with Gasteiger partial charge >= 0.3 is 0 Å². The molecule has 0 spiro atoms. The molecule has 21 heavy (non-hydrogen) atoms. The zero-order chi connectivity index (χ0) is 14.7. The number of anilines is 1. The summed E-state index contributed by atoms with van der Waals surface area (Å²) in [5.74, 6) is 1.85. The third-order valence-electron chi connectivity index (χ3n) is 3.35. The third-order valence-corrected chi connectivity index (χ3v) is 3.35. The van der Waals surface area contributed by atoms with Gasteiger partial charge in [-0.1, -0.05) is 0 Å². The molecule has 0 bridgehead atoms. The van der Waals surface area contributed by atoms with Crippen LogP contribution in [0, 0.1) is 0 Å². The number of aromatic nitrogens is 4. The van der Waals surface area contributed by atoms with Crippen molar-refractivity contribution in [2.24, 2.45) is 0 Å². The number of ether oxygens (including phenoxy) is 2. The summed E-state index contributed by atoms with van der Waals surface area (Å²) in [4.78, 5) is 19.3. The summed E-state index contributed by atoms with van der Waals surface area (Å²) < 4.78 is 10.7. The molecule has 7 nitrogen and oxygen atoms in total. The van der Waals surface area contributed by atoms with Crippen molar-refractivity contribution < 1.29 is 9.47 Å². The van der Waals surface area contributed by atoms with Gasteiger partial charge < -0.3 is 14.4 Å². The summed E-state index contributed by atoms with van der Waals surface area (Å²) >= 11 is 0. The average molecular weight is 287 g/mol. The van der Waals surface area contributed by atoms with Gasteiger partial charge in [0.25, 0.3) is 0 Å². The molecule has 0 atom stereocenters. The van der Waals surface area contributed by atoms with Crippen LogP contribution in [0.25, 0.3) is 0 Å². The summed E-state index contributed by atoms with van der Waals surface area (Å²) in [6.45, 7) is 3.97. The van der Waals surface area contributed by atoms with Crippen LogP contribution in [0.4, 0.5) is 5.95 Å². The van der Waals surface area contributed by atoms with Crippen LogP contribution in [0.15, 0.2) is 18.6 Å². The maximum Gasteiger partial charge on any atom is 0.228 e. The van der Waals surface area contributed by atoms with Gasteiger partial charge in [0.15, 0.2) is 0 Å². The van der Waals surface area contributed by atoms with Crippen LogP contribution in [0.1, 0.15) is 18.2 Å². The second-order valence-electron chi connectivity index (χ2n) is 4.61. The zero-order valence-electron chi connectivity index (χ0n) is 12.1. The van der Waals surface area contributed by atoms with Crippen molar-refractivity contribution in [1.82, 2.24) is 19.9 Å². The molecule has 3 rings (SSSR count). The Morgan fingerprint density at radius 2 is 2.19 bits per heavy atom. The van der Waals surface area contributed by atoms with E-state index < -0.39 is 0 Å². The van der Waals surface area contributed by atoms with Crippen LogP contribution in [-0.2, 0) is 13.0 Å². The highest BCUT2D eigenvalue weighted by atomic mass is 16.5. The van der Waals surface area contributed by atoms with Crippen molar-refractivity contribution in [3.63, 3.8) is 0 Å². The molecule has 0 fully saturated rings. The van der Waals surface area contributed by atoms with Crippen LogP contribution in [0.2, 0.25) is 0 Å². The molecular weight excluding hydrogens is 270 g/mol. The van der Waals surface area contributed by atoms with Crippen molar-refractivity contribution in [1.29, 1.82) is 0 Å². The van der Waals surface area contributed by atoms with E-state index in [4.69, 9.17) is 9.47 Å². The molecule has 7 heteroatoms. The Morgan fingerprint density at radius 3 is 3.00 bits per heavy atom. The Hall–Kier alpha value is -2.44. The van der Waals surface area contributed by atoms with E-state index in [0.29, 0.717) is 30.9 Å². The molecule has 110 valence electrons. The molecule has 1 aliphatic rings. The monoisotopic (exact) mass is 287 g/mol. The SMILES string of the molecule is CCOc1ncnc2c1CN(c1nccc(OC)n1)CC2. The Morgan fingerprint density at radius 1 is 1.29 bits per heavy atom. The maximum absolute atomic E-state index is 5.59. The average Bonchev–Trinajstić information content (AvgIpc) is 2.55. The predicted molar refractivity (Wildman–Crippen MR) is 76.5 cm³/mol. The van der Waals surface area contributed by atoms with Crippen molar-refractivity contribution >= 4 is 5.95 Å². The second kappa shape index (κ2) is 5.90. The highest BCUT2D eigenvalue weighted by Gasteiger charge is 2.23. The lowest BCUT2D eigenvalue weighted by atomic mass is 10.1. The van der Waals surface area contributed by atoms with Gasteiger partial charge in [0.05, 0.1) is 31.5 Å². The maximum atomic E-state index is 5.59. The third kappa shape index (κ3) is 2.72. The van der Waals surface area contributed by atoms with Crippen LogP contribution in [-0.4, -0.2) is 40.2 Å². The largest absolute Gasteiger partial charge is 0.481 e. The Labute approximate surface area is 123 Å². The first-order chi connectivity index (χ1) is 10.3. The first-order valence-corrected chi connectivity index (χ1v) is 6.89. The fourth-order valence-electron chi connectivity index (χ4n) is 2.35. The lowest BCUT2D eigenvalue weighted by Gasteiger charge is -2.28. The summed E-state index contributed by atoms with van der Waals surface area (Å²) in [6.07, 6.45) is 4.07. The molecule has 0 saturated carbocycles. The van der Waals surface area contributed by atoms with Crippen molar-refractivity contribution in [3.8, 4) is 11.8 Å². The number of hydrogen-bond donors (Lipinski definition) is 0. The van der Waals surface area contributed by atoms with Crippen molar-refractivity contribution in [2.45, 2.75) is 19.9 Å². The molecule has 0 aliphatic carbocycles. The van der Waals surface area contributed by atoms with Gasteiger partial charge in [-0.25, -0.2) is 15.0 Å². The van der Waals surface area contributed by atoms with E-state index in [0.717, 1.165) is 24.2 Å². The van der Waals surface area contributed by atoms with Gasteiger partial charge in [0, 0.05) is 25.2 Å². The number of rotatable bonds is 4. The zero-order valence-corrected chi connectivity index (χ0v) is 12.1. The summed E-state index contributed by atoms with van der Waals surface area (Å²) in [5, 5.41) is 0. The summed E-state index contributed by atoms with van der Waals surface area (Å²) in [7, 11) is 1.60. The smallest absolute Gasteiger partial charge is 0.228 e. The van der Waals surface area contributed by atoms with Gasteiger partial charge in [-0.05, 0) is 6.92 Å². The molecule has 0 saturated heterocycles. The highest BCUT2D eigenvalue weighted by Crippen LogP contribution is 2.26. The molecule has 2 aromatic heterocycles. The van der Waals surface area contributed by atoms with E-state index in [9.17, 15) is 0 Å². The molecule has 1 aliphatic heterocycles. The molecule has 0 amide bonds. The fourth-order valence-corrected chi connectivity index (χ4v) is 2.35. The molecule has 0 unspecified atom stereocenters. The van der Waals surface area contributed by atoms with Crippen LogP contribution >= 0.6 is 0 Å². The van der Waals surface area contributed by atoms with Gasteiger partial charge in [-0.3, -0.25) is 0 Å². The van der Waals surface area contributed by atoms with E-state index in [1.807, 2.05) is 6.92 Å². The molecule has 2 aromatic rings. The standard InChI is InChI=1S/C14H17N5O2/c1-3-21-13-10-8-19(7-5-11(10)16-9-17-13)14-15-6-4-12(18-14)20-2/h4,6,9H,3,5,7-8H2,1-2H3. The summed E-state index contributed by atoms with van der Waals surface area (Å²) in [5.41, 5.74) is 2.05. The topological polar surface area (TPSA) is 73.3 Å². The Balaban J connectivity index is 1.89. The number of methoxy groups -OCH3 is 1. The van der Waals surface area contributed by atoms with Crippen molar-refractivity contribution in [3.05, 3.63) is 29.8 Å². The van der Waals surface area contributed by atoms with E-state index >= 15 is 0 Å². The van der Waals surface area contributed by atoms with E-state index in [1.54, 1.807) is 25.7 Å². The van der Waals surface area contributed by atoms with E-state index in [2.05, 4.69) is 24.8 Å². The minimum Gasteiger partial charge on any atom is -0.481 e. The molecule has 3 heterocycles. The minimum absolute atomic E-state index is 0.556. The van der Waals surface area contributed by atoms with Crippen molar-refractivity contribution in [2.75, 3.05) is 25.2 Å². The molecule has 0 N–H and O–H groups in total. The lowest BCUT2D eigenvalue weighted by Crippen LogP contribution is -2.33.